The number of fused-ring (bicyclic) bond motifs is 1. The predicted octanol–water partition coefficient (Wildman–Crippen LogP) is 0.356. The van der Waals surface area contributed by atoms with Crippen LogP contribution < -0.4 is 15.4 Å². The second kappa shape index (κ2) is 5.05. The maximum absolute atomic E-state index is 11.7. The van der Waals surface area contributed by atoms with Gasteiger partial charge in [0.15, 0.2) is 6.10 Å². The van der Waals surface area contributed by atoms with Crippen molar-refractivity contribution >= 4 is 11.6 Å². The van der Waals surface area contributed by atoms with Gasteiger partial charge >= 0.3 is 0 Å². The molecule has 0 fully saturated rings. The van der Waals surface area contributed by atoms with E-state index in [1.807, 2.05) is 24.3 Å². The summed E-state index contributed by atoms with van der Waals surface area (Å²) in [5, 5.41) is 14.8. The van der Waals surface area contributed by atoms with Gasteiger partial charge in [0, 0.05) is 6.54 Å². The van der Waals surface area contributed by atoms with Crippen LogP contribution in [0.15, 0.2) is 24.3 Å². The molecule has 0 aromatic heterocycles. The molecule has 5 nitrogen and oxygen atoms in total. The molecule has 1 amide bonds. The van der Waals surface area contributed by atoms with Gasteiger partial charge in [0.1, 0.15) is 5.75 Å². The summed E-state index contributed by atoms with van der Waals surface area (Å²) in [7, 11) is 0. The van der Waals surface area contributed by atoms with Crippen LogP contribution in [0.25, 0.3) is 0 Å². The average Bonchev–Trinajstić information content (AvgIpc) is 2.35. The zero-order valence-corrected chi connectivity index (χ0v) is 9.64. The van der Waals surface area contributed by atoms with E-state index in [2.05, 4.69) is 10.6 Å². The van der Waals surface area contributed by atoms with Crippen molar-refractivity contribution in [2.45, 2.75) is 19.1 Å². The molecule has 3 N–H and O–H groups in total. The number of aliphatic hydroxyl groups excluding tert-OH is 1. The number of aliphatic hydroxyl groups is 1. The van der Waals surface area contributed by atoms with Crippen LogP contribution in [-0.4, -0.2) is 36.3 Å². The van der Waals surface area contributed by atoms with Gasteiger partial charge in [0.2, 0.25) is 0 Å². The summed E-state index contributed by atoms with van der Waals surface area (Å²) in [5.74, 6) is 0.462. The third-order valence-electron chi connectivity index (χ3n) is 2.50. The maximum Gasteiger partial charge on any atom is 0.263 e. The fourth-order valence-corrected chi connectivity index (χ4v) is 1.62. The zero-order valence-electron chi connectivity index (χ0n) is 9.64. The molecule has 1 aliphatic rings. The van der Waals surface area contributed by atoms with Gasteiger partial charge in [-0.3, -0.25) is 4.79 Å². The van der Waals surface area contributed by atoms with Gasteiger partial charge in [0.05, 0.1) is 18.3 Å². The minimum absolute atomic E-state index is 0.215. The number of carbonyl (C=O) groups excluding carboxylic acids is 1. The Labute approximate surface area is 99.8 Å². The molecule has 5 heteroatoms. The Balaban J connectivity index is 1.95. The quantitative estimate of drug-likeness (QED) is 0.708. The first-order chi connectivity index (χ1) is 8.16. The molecular weight excluding hydrogens is 220 g/mol. The third kappa shape index (κ3) is 2.88. The van der Waals surface area contributed by atoms with Crippen LogP contribution in [-0.2, 0) is 4.79 Å². The van der Waals surface area contributed by atoms with Crippen LogP contribution in [0.4, 0.5) is 5.69 Å². The number of amides is 1. The molecule has 0 saturated heterocycles. The molecule has 0 bridgehead atoms. The van der Waals surface area contributed by atoms with Crippen LogP contribution in [0.5, 0.6) is 5.75 Å². The fraction of sp³-hybridized carbons (Fsp3) is 0.417. The first kappa shape index (κ1) is 11.7. The van der Waals surface area contributed by atoms with E-state index in [1.165, 1.54) is 0 Å². The number of benzene rings is 1. The monoisotopic (exact) mass is 236 g/mol. The van der Waals surface area contributed by atoms with Crippen molar-refractivity contribution in [3.8, 4) is 5.75 Å². The Morgan fingerprint density at radius 1 is 1.65 bits per heavy atom. The Morgan fingerprint density at radius 2 is 2.41 bits per heavy atom. The lowest BCUT2D eigenvalue weighted by atomic mass is 10.2. The summed E-state index contributed by atoms with van der Waals surface area (Å²) in [5.41, 5.74) is 0.895. The van der Waals surface area contributed by atoms with Crippen LogP contribution in [0.1, 0.15) is 6.92 Å². The number of ether oxygens (including phenoxy) is 1. The van der Waals surface area contributed by atoms with Crippen LogP contribution >= 0.6 is 0 Å². The van der Waals surface area contributed by atoms with Crippen LogP contribution in [0, 0.1) is 0 Å². The summed E-state index contributed by atoms with van der Waals surface area (Å²) < 4.78 is 5.57. The summed E-state index contributed by atoms with van der Waals surface area (Å²) in [6.45, 7) is 2.29. The molecule has 1 aromatic carbocycles. The van der Waals surface area contributed by atoms with Gasteiger partial charge in [-0.15, -0.1) is 0 Å². The minimum Gasteiger partial charge on any atom is -0.477 e. The Kier molecular flexibility index (Phi) is 3.49. The Bertz CT molecular complexity index is 406. The smallest absolute Gasteiger partial charge is 0.263 e. The minimum atomic E-state index is -0.553. The molecule has 0 radical (unpaired) electrons. The molecule has 1 aromatic rings. The summed E-state index contributed by atoms with van der Waals surface area (Å²) in [6.07, 6.45) is -1.11. The lowest BCUT2D eigenvalue weighted by Crippen LogP contribution is -2.46. The highest BCUT2D eigenvalue weighted by Gasteiger charge is 2.25. The largest absolute Gasteiger partial charge is 0.477 e. The van der Waals surface area contributed by atoms with E-state index >= 15 is 0 Å². The number of anilines is 1. The van der Waals surface area contributed by atoms with Gasteiger partial charge in [-0.05, 0) is 19.1 Å². The Hall–Kier alpha value is -1.75. The highest BCUT2D eigenvalue weighted by Crippen LogP contribution is 2.27. The lowest BCUT2D eigenvalue weighted by molar-refractivity contribution is -0.128. The summed E-state index contributed by atoms with van der Waals surface area (Å²) >= 11 is 0. The van der Waals surface area contributed by atoms with E-state index in [1.54, 1.807) is 6.92 Å². The molecule has 0 aliphatic carbocycles. The van der Waals surface area contributed by atoms with Gasteiger partial charge in [-0.2, -0.15) is 0 Å². The molecule has 0 saturated carbocycles. The second-order valence-electron chi connectivity index (χ2n) is 4.08. The van der Waals surface area contributed by atoms with Crippen molar-refractivity contribution in [3.63, 3.8) is 0 Å². The molecule has 2 atom stereocenters. The molecule has 1 aliphatic heterocycles. The molecular formula is C12H16N2O3. The first-order valence-electron chi connectivity index (χ1n) is 5.62. The number of rotatable bonds is 3. The standard InChI is InChI=1S/C12H16N2O3/c1-8(15)6-14-12(16)11-7-13-9-4-2-3-5-10(9)17-11/h2-5,8,11,13,15H,6-7H2,1H3,(H,14,16)/t8-,11?/m0/s1. The maximum atomic E-state index is 11.7. The van der Waals surface area contributed by atoms with Crippen LogP contribution in [0.2, 0.25) is 0 Å². The summed E-state index contributed by atoms with van der Waals surface area (Å²) in [6, 6.07) is 7.48. The molecule has 1 unspecified atom stereocenters. The normalized spacial score (nSPS) is 19.5. The third-order valence-corrected chi connectivity index (χ3v) is 2.50. The molecule has 0 spiro atoms. The van der Waals surface area contributed by atoms with E-state index in [4.69, 9.17) is 9.84 Å². The fourth-order valence-electron chi connectivity index (χ4n) is 1.62. The van der Waals surface area contributed by atoms with Gasteiger partial charge in [-0.1, -0.05) is 12.1 Å². The number of nitrogens with one attached hydrogen (secondary N) is 2. The van der Waals surface area contributed by atoms with Crippen molar-refractivity contribution < 1.29 is 14.6 Å². The van der Waals surface area contributed by atoms with E-state index in [-0.39, 0.29) is 12.5 Å². The molecule has 17 heavy (non-hydrogen) atoms. The van der Waals surface area contributed by atoms with Crippen molar-refractivity contribution in [3.05, 3.63) is 24.3 Å². The van der Waals surface area contributed by atoms with E-state index in [9.17, 15) is 4.79 Å². The van der Waals surface area contributed by atoms with E-state index < -0.39 is 12.2 Å². The summed E-state index contributed by atoms with van der Waals surface area (Å²) in [4.78, 5) is 11.7. The zero-order chi connectivity index (χ0) is 12.3. The molecule has 2 rings (SSSR count). The highest BCUT2D eigenvalue weighted by atomic mass is 16.5. The van der Waals surface area contributed by atoms with Crippen molar-refractivity contribution in [2.75, 3.05) is 18.4 Å². The highest BCUT2D eigenvalue weighted by molar-refractivity contribution is 5.83. The van der Waals surface area contributed by atoms with Gasteiger partial charge in [0.25, 0.3) is 5.91 Å². The Morgan fingerprint density at radius 3 is 3.18 bits per heavy atom. The van der Waals surface area contributed by atoms with E-state index in [0.717, 1.165) is 5.69 Å². The van der Waals surface area contributed by atoms with Crippen molar-refractivity contribution in [2.24, 2.45) is 0 Å². The van der Waals surface area contributed by atoms with Gasteiger partial charge in [-0.25, -0.2) is 0 Å². The van der Waals surface area contributed by atoms with E-state index in [0.29, 0.717) is 12.3 Å². The predicted molar refractivity (Wildman–Crippen MR) is 64.0 cm³/mol. The second-order valence-corrected chi connectivity index (χ2v) is 4.08. The van der Waals surface area contributed by atoms with Crippen LogP contribution in [0.3, 0.4) is 0 Å². The molecule has 92 valence electrons. The SMILES string of the molecule is C[C@H](O)CNC(=O)C1CNc2ccccc2O1. The molecule has 1 heterocycles. The number of para-hydroxylation sites is 2. The van der Waals surface area contributed by atoms with Gasteiger partial charge < -0.3 is 20.5 Å². The first-order valence-corrected chi connectivity index (χ1v) is 5.62. The van der Waals surface area contributed by atoms with Crippen molar-refractivity contribution in [1.29, 1.82) is 0 Å². The average molecular weight is 236 g/mol. The van der Waals surface area contributed by atoms with Crippen molar-refractivity contribution in [1.82, 2.24) is 5.32 Å². The number of carbonyl (C=O) groups is 1. The number of hydrogen-bond donors (Lipinski definition) is 3. The topological polar surface area (TPSA) is 70.6 Å². The number of hydrogen-bond acceptors (Lipinski definition) is 4. The lowest BCUT2D eigenvalue weighted by Gasteiger charge is -2.26.